The average molecular weight is 393 g/mol. The number of hydrogen-bond donors (Lipinski definition) is 4. The third-order valence-electron chi connectivity index (χ3n) is 5.42. The molecule has 1 aromatic rings. The summed E-state index contributed by atoms with van der Waals surface area (Å²) in [4.78, 5) is 12.1. The van der Waals surface area contributed by atoms with Crippen LogP contribution < -0.4 is 11.1 Å². The normalized spacial score (nSPS) is 15.1. The Morgan fingerprint density at radius 2 is 1.96 bits per heavy atom. The summed E-state index contributed by atoms with van der Waals surface area (Å²) in [5.41, 5.74) is 8.37. The number of benzene rings is 1. The van der Waals surface area contributed by atoms with E-state index in [2.05, 4.69) is 32.2 Å². The van der Waals surface area contributed by atoms with Crippen LogP contribution in [0.25, 0.3) is 0 Å². The van der Waals surface area contributed by atoms with Gasteiger partial charge in [-0.15, -0.1) is 0 Å². The van der Waals surface area contributed by atoms with Gasteiger partial charge in [-0.2, -0.15) is 0 Å². The number of carbonyl (C=O) groups is 1. The monoisotopic (exact) mass is 392 g/mol. The first-order valence-electron chi connectivity index (χ1n) is 10.6. The van der Waals surface area contributed by atoms with Crippen LogP contribution in [-0.4, -0.2) is 34.8 Å². The number of carbonyl (C=O) groups excluding carboxylic acids is 1. The van der Waals surface area contributed by atoms with Crippen LogP contribution in [0.2, 0.25) is 0 Å². The molecule has 0 spiro atoms. The van der Waals surface area contributed by atoms with Gasteiger partial charge in [0.1, 0.15) is 0 Å². The SMILES string of the molecule is CCCCNC(=O)[C@H](C)C[C@H](O)[C@@H](N)CC(C)(C)CCc1cccc(CO)c1. The van der Waals surface area contributed by atoms with E-state index in [1.54, 1.807) is 0 Å². The zero-order chi connectivity index (χ0) is 21.2. The Morgan fingerprint density at radius 3 is 2.61 bits per heavy atom. The number of aliphatic hydroxyl groups is 2. The van der Waals surface area contributed by atoms with E-state index in [4.69, 9.17) is 5.73 Å². The van der Waals surface area contributed by atoms with Crippen LogP contribution in [0.15, 0.2) is 24.3 Å². The summed E-state index contributed by atoms with van der Waals surface area (Å²) < 4.78 is 0. The van der Waals surface area contributed by atoms with Crippen LogP contribution in [0.4, 0.5) is 0 Å². The van der Waals surface area contributed by atoms with Gasteiger partial charge in [0.05, 0.1) is 12.7 Å². The number of aryl methyl sites for hydroxylation is 1. The second-order valence-electron chi connectivity index (χ2n) is 8.86. The van der Waals surface area contributed by atoms with Crippen LogP contribution >= 0.6 is 0 Å². The first-order chi connectivity index (χ1) is 13.2. The molecule has 0 heterocycles. The van der Waals surface area contributed by atoms with Gasteiger partial charge in [-0.05, 0) is 48.6 Å². The highest BCUT2D eigenvalue weighted by molar-refractivity contribution is 5.78. The maximum Gasteiger partial charge on any atom is 0.222 e. The molecule has 0 aromatic heterocycles. The standard InChI is InChI=1S/C23H40N2O3/c1-5-6-12-25-22(28)17(2)13-21(27)20(24)15-23(3,4)11-10-18-8-7-9-19(14-18)16-26/h7-9,14,17,20-21,26-27H,5-6,10-13,15-16,24H2,1-4H3,(H,25,28)/t17-,20+,21+/m1/s1. The van der Waals surface area contributed by atoms with Gasteiger partial charge < -0.3 is 21.3 Å². The van der Waals surface area contributed by atoms with Gasteiger partial charge in [-0.3, -0.25) is 4.79 Å². The molecule has 5 N–H and O–H groups in total. The quantitative estimate of drug-likeness (QED) is 0.388. The van der Waals surface area contributed by atoms with Crippen molar-refractivity contribution in [2.45, 2.75) is 85.0 Å². The fourth-order valence-electron chi connectivity index (χ4n) is 3.45. The molecule has 1 aromatic carbocycles. The van der Waals surface area contributed by atoms with E-state index in [0.717, 1.165) is 31.2 Å². The lowest BCUT2D eigenvalue weighted by molar-refractivity contribution is -0.125. The fraction of sp³-hybridized carbons (Fsp3) is 0.696. The molecular weight excluding hydrogens is 352 g/mol. The zero-order valence-electron chi connectivity index (χ0n) is 18.1. The summed E-state index contributed by atoms with van der Waals surface area (Å²) in [6, 6.07) is 7.63. The predicted molar refractivity (Wildman–Crippen MR) is 115 cm³/mol. The lowest BCUT2D eigenvalue weighted by atomic mass is 9.78. The van der Waals surface area contributed by atoms with Gasteiger partial charge in [-0.25, -0.2) is 0 Å². The van der Waals surface area contributed by atoms with E-state index in [1.807, 2.05) is 25.1 Å². The number of nitrogens with two attached hydrogens (primary N) is 1. The molecule has 160 valence electrons. The minimum absolute atomic E-state index is 0.0114. The van der Waals surface area contributed by atoms with Crippen molar-refractivity contribution in [2.75, 3.05) is 6.54 Å². The van der Waals surface area contributed by atoms with E-state index >= 15 is 0 Å². The highest BCUT2D eigenvalue weighted by Gasteiger charge is 2.27. The summed E-state index contributed by atoms with van der Waals surface area (Å²) in [7, 11) is 0. The second-order valence-corrected chi connectivity index (χ2v) is 8.86. The van der Waals surface area contributed by atoms with Gasteiger partial charge in [-0.1, -0.05) is 58.4 Å². The van der Waals surface area contributed by atoms with Crippen molar-refractivity contribution in [3.8, 4) is 0 Å². The van der Waals surface area contributed by atoms with Crippen molar-refractivity contribution >= 4 is 5.91 Å². The van der Waals surface area contributed by atoms with Crippen LogP contribution in [0.1, 0.15) is 70.9 Å². The molecule has 0 fully saturated rings. The molecule has 0 saturated carbocycles. The molecule has 5 heteroatoms. The van der Waals surface area contributed by atoms with Crippen LogP contribution in [0, 0.1) is 11.3 Å². The second kappa shape index (κ2) is 12.2. The molecule has 0 aliphatic heterocycles. The molecule has 0 aliphatic carbocycles. The lowest BCUT2D eigenvalue weighted by Gasteiger charge is -2.31. The van der Waals surface area contributed by atoms with E-state index in [9.17, 15) is 15.0 Å². The minimum Gasteiger partial charge on any atom is -0.392 e. The maximum atomic E-state index is 12.1. The molecule has 3 atom stereocenters. The summed E-state index contributed by atoms with van der Waals surface area (Å²) in [5, 5.41) is 22.7. The molecule has 0 aliphatic rings. The Kier molecular flexibility index (Phi) is 10.7. The third kappa shape index (κ3) is 9.18. The number of rotatable bonds is 13. The molecule has 0 unspecified atom stereocenters. The number of hydrogen-bond acceptors (Lipinski definition) is 4. The lowest BCUT2D eigenvalue weighted by Crippen LogP contribution is -2.41. The van der Waals surface area contributed by atoms with Gasteiger partial charge >= 0.3 is 0 Å². The first kappa shape index (κ1) is 24.6. The zero-order valence-corrected chi connectivity index (χ0v) is 18.1. The van der Waals surface area contributed by atoms with Crippen LogP contribution in [0.3, 0.4) is 0 Å². The summed E-state index contributed by atoms with van der Waals surface area (Å²) in [6.45, 7) is 9.00. The van der Waals surface area contributed by atoms with E-state index in [0.29, 0.717) is 19.4 Å². The topological polar surface area (TPSA) is 95.6 Å². The molecule has 0 radical (unpaired) electrons. The highest BCUT2D eigenvalue weighted by Crippen LogP contribution is 2.30. The average Bonchev–Trinajstić information content (AvgIpc) is 2.66. The molecule has 5 nitrogen and oxygen atoms in total. The smallest absolute Gasteiger partial charge is 0.222 e. The fourth-order valence-corrected chi connectivity index (χ4v) is 3.45. The van der Waals surface area contributed by atoms with Gasteiger partial charge in [0.2, 0.25) is 5.91 Å². The predicted octanol–water partition coefficient (Wildman–Crippen LogP) is 3.16. The Labute approximate surface area is 170 Å². The Morgan fingerprint density at radius 1 is 1.29 bits per heavy atom. The van der Waals surface area contributed by atoms with E-state index in [1.165, 1.54) is 5.56 Å². The molecule has 1 amide bonds. The van der Waals surface area contributed by atoms with Crippen molar-refractivity contribution in [3.63, 3.8) is 0 Å². The highest BCUT2D eigenvalue weighted by atomic mass is 16.3. The Hall–Kier alpha value is -1.43. The molecular formula is C23H40N2O3. The Bertz CT molecular complexity index is 589. The number of aliphatic hydroxyl groups excluding tert-OH is 2. The molecule has 0 bridgehead atoms. The van der Waals surface area contributed by atoms with E-state index in [-0.39, 0.29) is 29.9 Å². The van der Waals surface area contributed by atoms with Crippen molar-refractivity contribution < 1.29 is 15.0 Å². The largest absolute Gasteiger partial charge is 0.392 e. The van der Waals surface area contributed by atoms with Gasteiger partial charge in [0.25, 0.3) is 0 Å². The third-order valence-corrected chi connectivity index (χ3v) is 5.42. The van der Waals surface area contributed by atoms with Crippen LogP contribution in [0.5, 0.6) is 0 Å². The van der Waals surface area contributed by atoms with Crippen molar-refractivity contribution in [1.82, 2.24) is 5.32 Å². The van der Waals surface area contributed by atoms with Gasteiger partial charge in [0, 0.05) is 18.5 Å². The van der Waals surface area contributed by atoms with Crippen molar-refractivity contribution in [3.05, 3.63) is 35.4 Å². The number of nitrogens with one attached hydrogen (secondary N) is 1. The first-order valence-corrected chi connectivity index (χ1v) is 10.6. The Balaban J connectivity index is 2.47. The molecule has 28 heavy (non-hydrogen) atoms. The summed E-state index contributed by atoms with van der Waals surface area (Å²) >= 11 is 0. The molecule has 0 saturated heterocycles. The number of unbranched alkanes of at least 4 members (excludes halogenated alkanes) is 1. The minimum atomic E-state index is -0.691. The van der Waals surface area contributed by atoms with Crippen molar-refractivity contribution in [1.29, 1.82) is 0 Å². The summed E-state index contributed by atoms with van der Waals surface area (Å²) in [6.07, 6.45) is 4.24. The number of amides is 1. The molecule has 1 rings (SSSR count). The van der Waals surface area contributed by atoms with Crippen LogP contribution in [-0.2, 0) is 17.8 Å². The van der Waals surface area contributed by atoms with Gasteiger partial charge in [0.15, 0.2) is 0 Å². The van der Waals surface area contributed by atoms with Crippen molar-refractivity contribution in [2.24, 2.45) is 17.1 Å². The summed E-state index contributed by atoms with van der Waals surface area (Å²) in [5.74, 6) is -0.259. The van der Waals surface area contributed by atoms with E-state index < -0.39 is 6.10 Å². The maximum absolute atomic E-state index is 12.1.